The van der Waals surface area contributed by atoms with E-state index in [0.717, 1.165) is 16.8 Å². The van der Waals surface area contributed by atoms with E-state index in [2.05, 4.69) is 21.0 Å². The Morgan fingerprint density at radius 3 is 2.79 bits per heavy atom. The van der Waals surface area contributed by atoms with Crippen molar-refractivity contribution in [3.05, 3.63) is 63.9 Å². The predicted molar refractivity (Wildman–Crippen MR) is 112 cm³/mol. The molecule has 0 aliphatic rings. The highest BCUT2D eigenvalue weighted by molar-refractivity contribution is 5.79. The van der Waals surface area contributed by atoms with Crippen molar-refractivity contribution in [1.29, 1.82) is 0 Å². The highest BCUT2D eigenvalue weighted by atomic mass is 16.4. The summed E-state index contributed by atoms with van der Waals surface area (Å²) in [6.45, 7) is 2.90. The fourth-order valence-corrected chi connectivity index (χ4v) is 3.05. The van der Waals surface area contributed by atoms with Gasteiger partial charge in [-0.05, 0) is 35.4 Å². The second-order valence-electron chi connectivity index (χ2n) is 6.51. The van der Waals surface area contributed by atoms with Crippen molar-refractivity contribution >= 4 is 28.8 Å². The van der Waals surface area contributed by atoms with Crippen LogP contribution in [0.3, 0.4) is 0 Å². The third-order valence-corrected chi connectivity index (χ3v) is 4.52. The van der Waals surface area contributed by atoms with Crippen molar-refractivity contribution in [3.63, 3.8) is 0 Å². The molecule has 0 bridgehead atoms. The SMILES string of the molecule is C#CCN(Cc1ccc2nc(N)[nH]c(=O)c2c1)c1ccc(C(C)/C=N\O)cc1. The van der Waals surface area contributed by atoms with Crippen LogP contribution < -0.4 is 16.2 Å². The van der Waals surface area contributed by atoms with Crippen LogP contribution in [0.2, 0.25) is 0 Å². The number of hydrogen-bond acceptors (Lipinski definition) is 6. The minimum absolute atomic E-state index is 0.00674. The maximum Gasteiger partial charge on any atom is 0.260 e. The van der Waals surface area contributed by atoms with Gasteiger partial charge >= 0.3 is 0 Å². The Hall–Kier alpha value is -3.79. The van der Waals surface area contributed by atoms with E-state index in [1.165, 1.54) is 6.21 Å². The van der Waals surface area contributed by atoms with Gasteiger partial charge in [-0.2, -0.15) is 0 Å². The third kappa shape index (κ3) is 4.13. The van der Waals surface area contributed by atoms with Crippen LogP contribution in [0.4, 0.5) is 11.6 Å². The van der Waals surface area contributed by atoms with Crippen LogP contribution >= 0.6 is 0 Å². The number of benzene rings is 2. The lowest BCUT2D eigenvalue weighted by molar-refractivity contribution is 0.320. The molecule has 28 heavy (non-hydrogen) atoms. The van der Waals surface area contributed by atoms with E-state index in [9.17, 15) is 4.79 Å². The van der Waals surface area contributed by atoms with Gasteiger partial charge in [0.25, 0.3) is 5.56 Å². The van der Waals surface area contributed by atoms with Gasteiger partial charge in [0.05, 0.1) is 23.7 Å². The number of terminal acetylenes is 1. The van der Waals surface area contributed by atoms with E-state index in [1.54, 1.807) is 12.1 Å². The number of oxime groups is 1. The monoisotopic (exact) mass is 375 g/mol. The molecule has 4 N–H and O–H groups in total. The van der Waals surface area contributed by atoms with Gasteiger partial charge < -0.3 is 15.8 Å². The van der Waals surface area contributed by atoms with Gasteiger partial charge in [-0.25, -0.2) is 4.98 Å². The maximum atomic E-state index is 12.1. The van der Waals surface area contributed by atoms with Gasteiger partial charge in [0, 0.05) is 18.2 Å². The molecule has 7 heteroatoms. The van der Waals surface area contributed by atoms with Crippen molar-refractivity contribution < 1.29 is 5.21 Å². The zero-order valence-corrected chi connectivity index (χ0v) is 15.5. The van der Waals surface area contributed by atoms with Gasteiger partial charge in [0.1, 0.15) is 0 Å². The first-order valence-corrected chi connectivity index (χ1v) is 8.76. The molecule has 3 rings (SSSR count). The minimum Gasteiger partial charge on any atom is -0.411 e. The van der Waals surface area contributed by atoms with Crippen LogP contribution in [-0.4, -0.2) is 27.9 Å². The fraction of sp³-hybridized carbons (Fsp3) is 0.190. The molecule has 0 radical (unpaired) electrons. The number of nitrogens with one attached hydrogen (secondary N) is 1. The molecule has 0 fully saturated rings. The van der Waals surface area contributed by atoms with E-state index in [4.69, 9.17) is 17.4 Å². The van der Waals surface area contributed by atoms with Crippen molar-refractivity contribution in [3.8, 4) is 12.3 Å². The Morgan fingerprint density at radius 1 is 1.36 bits per heavy atom. The van der Waals surface area contributed by atoms with Crippen LogP contribution in [0.1, 0.15) is 24.0 Å². The highest BCUT2D eigenvalue weighted by Crippen LogP contribution is 2.22. The summed E-state index contributed by atoms with van der Waals surface area (Å²) in [5, 5.41) is 12.3. The van der Waals surface area contributed by atoms with Gasteiger partial charge in [-0.15, -0.1) is 11.6 Å². The lowest BCUT2D eigenvalue weighted by atomic mass is 10.0. The Labute approximate surface area is 162 Å². The standard InChI is InChI=1S/C21H21N5O2/c1-3-10-26(17-7-5-16(6-8-17)14(2)12-23-28)13-15-4-9-19-18(11-15)20(27)25-21(22)24-19/h1,4-9,11-12,14,28H,10,13H2,2H3,(H3,22,24,25,27)/b23-12-. The van der Waals surface area contributed by atoms with Crippen LogP contribution in [0.5, 0.6) is 0 Å². The molecule has 0 aliphatic carbocycles. The normalized spacial score (nSPS) is 12.1. The first-order valence-electron chi connectivity index (χ1n) is 8.76. The average molecular weight is 375 g/mol. The number of nitrogen functional groups attached to an aromatic ring is 1. The zero-order chi connectivity index (χ0) is 20.1. The summed E-state index contributed by atoms with van der Waals surface area (Å²) in [6, 6.07) is 13.4. The van der Waals surface area contributed by atoms with Gasteiger partial charge in [-0.3, -0.25) is 9.78 Å². The molecule has 0 spiro atoms. The Morgan fingerprint density at radius 2 is 2.11 bits per heavy atom. The van der Waals surface area contributed by atoms with Crippen molar-refractivity contribution in [2.75, 3.05) is 17.2 Å². The maximum absolute atomic E-state index is 12.1. The summed E-state index contributed by atoms with van der Waals surface area (Å²) in [7, 11) is 0. The molecule has 1 atom stereocenters. The van der Waals surface area contributed by atoms with E-state index in [1.807, 2.05) is 42.2 Å². The van der Waals surface area contributed by atoms with Gasteiger partial charge in [0.15, 0.2) is 0 Å². The first kappa shape index (κ1) is 19.0. The summed E-state index contributed by atoms with van der Waals surface area (Å²) < 4.78 is 0. The summed E-state index contributed by atoms with van der Waals surface area (Å²) in [4.78, 5) is 20.8. The summed E-state index contributed by atoms with van der Waals surface area (Å²) in [5.41, 5.74) is 8.80. The Kier molecular flexibility index (Phi) is 5.61. The number of aromatic nitrogens is 2. The molecular weight excluding hydrogens is 354 g/mol. The number of aromatic amines is 1. The molecule has 1 unspecified atom stereocenters. The molecule has 1 heterocycles. The van der Waals surface area contributed by atoms with Crippen LogP contribution in [0.25, 0.3) is 10.9 Å². The van der Waals surface area contributed by atoms with Gasteiger partial charge in [0.2, 0.25) is 5.95 Å². The number of nitrogens with two attached hydrogens (primary N) is 1. The molecule has 3 aromatic rings. The Bertz CT molecular complexity index is 1100. The summed E-state index contributed by atoms with van der Waals surface area (Å²) >= 11 is 0. The zero-order valence-electron chi connectivity index (χ0n) is 15.5. The number of anilines is 2. The number of nitrogens with zero attached hydrogens (tertiary/aromatic N) is 3. The topological polar surface area (TPSA) is 108 Å². The lowest BCUT2D eigenvalue weighted by Gasteiger charge is -2.23. The number of rotatable bonds is 6. The number of H-pyrrole nitrogens is 1. The molecular formula is C21H21N5O2. The predicted octanol–water partition coefficient (Wildman–Crippen LogP) is 2.71. The number of hydrogen-bond donors (Lipinski definition) is 3. The average Bonchev–Trinajstić information content (AvgIpc) is 2.68. The summed E-state index contributed by atoms with van der Waals surface area (Å²) in [5.74, 6) is 2.78. The van der Waals surface area contributed by atoms with E-state index < -0.39 is 0 Å². The van der Waals surface area contributed by atoms with Crippen molar-refractivity contribution in [1.82, 2.24) is 9.97 Å². The molecule has 7 nitrogen and oxygen atoms in total. The van der Waals surface area contributed by atoms with Crippen molar-refractivity contribution in [2.24, 2.45) is 5.16 Å². The van der Waals surface area contributed by atoms with E-state index in [0.29, 0.717) is 24.0 Å². The molecule has 2 aromatic carbocycles. The second kappa shape index (κ2) is 8.27. The lowest BCUT2D eigenvalue weighted by Crippen LogP contribution is -2.23. The molecule has 1 aromatic heterocycles. The van der Waals surface area contributed by atoms with E-state index >= 15 is 0 Å². The first-order chi connectivity index (χ1) is 13.5. The molecule has 0 saturated heterocycles. The summed E-state index contributed by atoms with van der Waals surface area (Å²) in [6.07, 6.45) is 7.03. The van der Waals surface area contributed by atoms with Gasteiger partial charge in [-0.1, -0.05) is 31.0 Å². The quantitative estimate of drug-likeness (QED) is 0.266. The Balaban J connectivity index is 1.88. The van der Waals surface area contributed by atoms with Crippen molar-refractivity contribution in [2.45, 2.75) is 19.4 Å². The van der Waals surface area contributed by atoms with Crippen LogP contribution in [-0.2, 0) is 6.54 Å². The van der Waals surface area contributed by atoms with Crippen LogP contribution in [0, 0.1) is 12.3 Å². The second-order valence-corrected chi connectivity index (χ2v) is 6.51. The minimum atomic E-state index is -0.267. The third-order valence-electron chi connectivity index (χ3n) is 4.52. The molecule has 142 valence electrons. The smallest absolute Gasteiger partial charge is 0.260 e. The highest BCUT2D eigenvalue weighted by Gasteiger charge is 2.10. The largest absolute Gasteiger partial charge is 0.411 e. The fourth-order valence-electron chi connectivity index (χ4n) is 3.05. The van der Waals surface area contributed by atoms with E-state index in [-0.39, 0.29) is 17.4 Å². The molecule has 0 amide bonds. The van der Waals surface area contributed by atoms with Crippen LogP contribution in [0.15, 0.2) is 52.4 Å². The molecule has 0 saturated carbocycles. The number of fused-ring (bicyclic) bond motifs is 1. The molecule has 0 aliphatic heterocycles.